The fraction of sp³-hybridized carbons (Fsp3) is 0. The minimum Gasteiger partial charge on any atom is -0.476 e. The van der Waals surface area contributed by atoms with Crippen LogP contribution in [0.5, 0.6) is 0 Å². The number of carboxylic acid groups (broad SMARTS) is 1. The van der Waals surface area contributed by atoms with Crippen LogP contribution in [-0.4, -0.2) is 16.8 Å². The zero-order chi connectivity index (χ0) is 7.56. The molecule has 2 N–H and O–H groups in total. The zero-order valence-corrected chi connectivity index (χ0v) is 5.81. The molecule has 52 valence electrons. The summed E-state index contributed by atoms with van der Waals surface area (Å²) in [7, 11) is 0. The minimum absolute atomic E-state index is 0.338. The molecule has 0 aliphatic heterocycles. The Morgan fingerprint density at radius 3 is 2.80 bits per heavy atom. The second-order valence-corrected chi connectivity index (χ2v) is 2.61. The van der Waals surface area contributed by atoms with E-state index in [0.29, 0.717) is 4.88 Å². The van der Waals surface area contributed by atoms with E-state index in [9.17, 15) is 4.79 Å². The number of hydrogen-bond donors (Lipinski definition) is 2. The topological polar surface area (TPSA) is 61.2 Å². The Bertz CT molecular complexity index is 253. The van der Waals surface area contributed by atoms with Gasteiger partial charge in [-0.25, -0.2) is 4.79 Å². The average molecular weight is 155 g/mol. The van der Waals surface area contributed by atoms with E-state index in [4.69, 9.17) is 10.5 Å². The molecule has 1 aromatic heterocycles. The molecular weight excluding hydrogens is 150 g/mol. The molecule has 0 aromatic carbocycles. The van der Waals surface area contributed by atoms with E-state index < -0.39 is 5.97 Å². The zero-order valence-electron chi connectivity index (χ0n) is 5.00. The average Bonchev–Trinajstić information content (AvgIpc) is 2.36. The molecule has 1 aromatic rings. The predicted molar refractivity (Wildman–Crippen MR) is 38.8 cm³/mol. The molecule has 10 heavy (non-hydrogen) atoms. The number of carboxylic acids is 1. The number of rotatable bonds is 2. The summed E-state index contributed by atoms with van der Waals surface area (Å²) in [5.41, 5.74) is -0.338. The largest absolute Gasteiger partial charge is 0.476 e. The standard InChI is InChI=1S/C6H5NO2S/c7-5(6(8)9)4-2-1-3-10-4/h1-3,7H,(H,8,9). The van der Waals surface area contributed by atoms with Crippen LogP contribution in [0.3, 0.4) is 0 Å². The molecule has 0 spiro atoms. The maximum atomic E-state index is 10.2. The molecule has 0 saturated heterocycles. The summed E-state index contributed by atoms with van der Waals surface area (Å²) >= 11 is 1.25. The van der Waals surface area contributed by atoms with E-state index in [1.165, 1.54) is 11.3 Å². The molecule has 0 unspecified atom stereocenters. The molecule has 0 fully saturated rings. The molecule has 0 saturated carbocycles. The van der Waals surface area contributed by atoms with Gasteiger partial charge < -0.3 is 5.11 Å². The van der Waals surface area contributed by atoms with Crippen molar-refractivity contribution in [2.24, 2.45) is 0 Å². The van der Waals surface area contributed by atoms with E-state index in [1.54, 1.807) is 17.5 Å². The van der Waals surface area contributed by atoms with E-state index in [1.807, 2.05) is 0 Å². The number of thiophene rings is 1. The lowest BCUT2D eigenvalue weighted by molar-refractivity contribution is -0.129. The monoisotopic (exact) mass is 155 g/mol. The fourth-order valence-corrected chi connectivity index (χ4v) is 1.19. The molecule has 4 heteroatoms. The van der Waals surface area contributed by atoms with Crippen LogP contribution in [0.1, 0.15) is 4.88 Å². The van der Waals surface area contributed by atoms with E-state index in [0.717, 1.165) is 0 Å². The van der Waals surface area contributed by atoms with Crippen molar-refractivity contribution in [3.8, 4) is 0 Å². The number of hydrogen-bond acceptors (Lipinski definition) is 3. The van der Waals surface area contributed by atoms with Gasteiger partial charge in [-0.3, -0.25) is 5.41 Å². The van der Waals surface area contributed by atoms with E-state index in [2.05, 4.69) is 0 Å². The maximum absolute atomic E-state index is 10.2. The first-order chi connectivity index (χ1) is 4.72. The van der Waals surface area contributed by atoms with Gasteiger partial charge in [0.15, 0.2) is 5.71 Å². The molecular formula is C6H5NO2S. The van der Waals surface area contributed by atoms with Gasteiger partial charge in [0, 0.05) is 0 Å². The Morgan fingerprint density at radius 2 is 2.40 bits per heavy atom. The van der Waals surface area contributed by atoms with Gasteiger partial charge in [0.2, 0.25) is 0 Å². The lowest BCUT2D eigenvalue weighted by Gasteiger charge is -1.89. The van der Waals surface area contributed by atoms with Crippen molar-refractivity contribution in [1.82, 2.24) is 0 Å². The van der Waals surface area contributed by atoms with Crippen molar-refractivity contribution >= 4 is 23.0 Å². The van der Waals surface area contributed by atoms with E-state index >= 15 is 0 Å². The van der Waals surface area contributed by atoms with Crippen LogP contribution in [0.25, 0.3) is 0 Å². The highest BCUT2D eigenvalue weighted by Gasteiger charge is 2.09. The van der Waals surface area contributed by atoms with Crippen LogP contribution in [0.4, 0.5) is 0 Å². The third-order valence-electron chi connectivity index (χ3n) is 0.981. The van der Waals surface area contributed by atoms with Gasteiger partial charge in [-0.1, -0.05) is 6.07 Å². The first-order valence-corrected chi connectivity index (χ1v) is 3.45. The minimum atomic E-state index is -1.18. The van der Waals surface area contributed by atoms with Crippen molar-refractivity contribution in [2.75, 3.05) is 0 Å². The Balaban J connectivity index is 2.88. The molecule has 0 aliphatic rings. The van der Waals surface area contributed by atoms with Crippen LogP contribution in [0.15, 0.2) is 17.5 Å². The molecule has 0 radical (unpaired) electrons. The highest BCUT2D eigenvalue weighted by atomic mass is 32.1. The Kier molecular flexibility index (Phi) is 1.82. The Labute approximate surface area is 61.4 Å². The van der Waals surface area contributed by atoms with Gasteiger partial charge in [0.1, 0.15) is 0 Å². The van der Waals surface area contributed by atoms with Crippen LogP contribution in [0.2, 0.25) is 0 Å². The second kappa shape index (κ2) is 2.62. The SMILES string of the molecule is N=C(C(=O)O)c1cccs1. The van der Waals surface area contributed by atoms with Crippen LogP contribution in [-0.2, 0) is 4.79 Å². The summed E-state index contributed by atoms with van der Waals surface area (Å²) in [5, 5.41) is 17.1. The molecule has 3 nitrogen and oxygen atoms in total. The van der Waals surface area contributed by atoms with Gasteiger partial charge in [-0.15, -0.1) is 11.3 Å². The summed E-state index contributed by atoms with van der Waals surface area (Å²) in [6.45, 7) is 0. The maximum Gasteiger partial charge on any atom is 0.355 e. The third kappa shape index (κ3) is 1.22. The lowest BCUT2D eigenvalue weighted by Crippen LogP contribution is -2.10. The van der Waals surface area contributed by atoms with Gasteiger partial charge in [0.05, 0.1) is 4.88 Å². The van der Waals surface area contributed by atoms with Crippen molar-refractivity contribution in [3.63, 3.8) is 0 Å². The quantitative estimate of drug-likeness (QED) is 0.630. The first kappa shape index (κ1) is 6.95. The van der Waals surface area contributed by atoms with Crippen LogP contribution < -0.4 is 0 Å². The van der Waals surface area contributed by atoms with Crippen molar-refractivity contribution < 1.29 is 9.90 Å². The van der Waals surface area contributed by atoms with Gasteiger partial charge in [0.25, 0.3) is 0 Å². The summed E-state index contributed by atoms with van der Waals surface area (Å²) in [4.78, 5) is 10.7. The smallest absolute Gasteiger partial charge is 0.355 e. The fourth-order valence-electron chi connectivity index (χ4n) is 0.526. The van der Waals surface area contributed by atoms with Crippen molar-refractivity contribution in [2.45, 2.75) is 0 Å². The van der Waals surface area contributed by atoms with Gasteiger partial charge in [-0.05, 0) is 11.4 Å². The molecule has 0 atom stereocenters. The predicted octanol–water partition coefficient (Wildman–Crippen LogP) is 1.20. The summed E-state index contributed by atoms with van der Waals surface area (Å²) in [6, 6.07) is 3.33. The number of carbonyl (C=O) groups is 1. The molecule has 0 amide bonds. The van der Waals surface area contributed by atoms with Crippen LogP contribution >= 0.6 is 11.3 Å². The first-order valence-electron chi connectivity index (χ1n) is 2.57. The Morgan fingerprint density at radius 1 is 1.70 bits per heavy atom. The number of aliphatic carboxylic acids is 1. The van der Waals surface area contributed by atoms with Crippen LogP contribution in [0, 0.1) is 5.41 Å². The summed E-state index contributed by atoms with van der Waals surface area (Å²) < 4.78 is 0. The molecule has 1 heterocycles. The molecule has 1 rings (SSSR count). The Hall–Kier alpha value is -1.16. The van der Waals surface area contributed by atoms with Gasteiger partial charge >= 0.3 is 5.97 Å². The second-order valence-electron chi connectivity index (χ2n) is 1.66. The van der Waals surface area contributed by atoms with Gasteiger partial charge in [-0.2, -0.15) is 0 Å². The van der Waals surface area contributed by atoms with E-state index in [-0.39, 0.29) is 5.71 Å². The highest BCUT2D eigenvalue weighted by molar-refractivity contribution is 7.13. The van der Waals surface area contributed by atoms with Crippen molar-refractivity contribution in [3.05, 3.63) is 22.4 Å². The molecule has 0 aliphatic carbocycles. The summed E-state index contributed by atoms with van der Waals surface area (Å²) in [6.07, 6.45) is 0. The number of nitrogens with one attached hydrogen (secondary N) is 1. The normalized spacial score (nSPS) is 9.20. The van der Waals surface area contributed by atoms with Crippen molar-refractivity contribution in [1.29, 1.82) is 5.41 Å². The summed E-state index contributed by atoms with van der Waals surface area (Å²) in [5.74, 6) is -1.18. The highest BCUT2D eigenvalue weighted by Crippen LogP contribution is 2.08. The third-order valence-corrected chi connectivity index (χ3v) is 1.87. The lowest BCUT2D eigenvalue weighted by atomic mass is 10.3. The molecule has 0 bridgehead atoms.